The van der Waals surface area contributed by atoms with Gasteiger partial charge >= 0.3 is 0 Å². The van der Waals surface area contributed by atoms with Crippen molar-refractivity contribution in [3.05, 3.63) is 67.4 Å². The van der Waals surface area contributed by atoms with Gasteiger partial charge in [0.25, 0.3) is 5.56 Å². The summed E-state index contributed by atoms with van der Waals surface area (Å²) in [6.45, 7) is 7.65. The normalized spacial score (nSPS) is 16.4. The van der Waals surface area contributed by atoms with Gasteiger partial charge in [0.05, 0.1) is 10.0 Å². The molecule has 1 aliphatic heterocycles. The molecule has 4 rings (SSSR count). The van der Waals surface area contributed by atoms with E-state index >= 15 is 0 Å². The molecular weight excluding hydrogens is 368 g/mol. The van der Waals surface area contributed by atoms with Gasteiger partial charge in [-0.25, -0.2) is 4.98 Å². The summed E-state index contributed by atoms with van der Waals surface area (Å²) < 4.78 is 2.46. The number of piperazine rings is 1. The minimum Gasteiger partial charge on any atom is -0.296 e. The van der Waals surface area contributed by atoms with Crippen molar-refractivity contribution in [1.29, 1.82) is 0 Å². The van der Waals surface area contributed by atoms with Gasteiger partial charge in [0, 0.05) is 56.4 Å². The SMILES string of the molecule is Cc1ccc2nc(CN3CCN(Cc4ccc(Cl)s4)CC3)cc(=O)n2c1. The highest BCUT2D eigenvalue weighted by molar-refractivity contribution is 7.16. The van der Waals surface area contributed by atoms with E-state index in [1.165, 1.54) is 4.88 Å². The zero-order chi connectivity index (χ0) is 18.1. The Bertz CT molecular complexity index is 975. The Morgan fingerprint density at radius 3 is 2.50 bits per heavy atom. The van der Waals surface area contributed by atoms with E-state index in [1.54, 1.807) is 21.8 Å². The van der Waals surface area contributed by atoms with Gasteiger partial charge in [-0.1, -0.05) is 17.7 Å². The molecule has 3 aromatic heterocycles. The van der Waals surface area contributed by atoms with E-state index in [-0.39, 0.29) is 5.56 Å². The molecule has 0 unspecified atom stereocenters. The van der Waals surface area contributed by atoms with Crippen molar-refractivity contribution in [2.45, 2.75) is 20.0 Å². The lowest BCUT2D eigenvalue weighted by Gasteiger charge is -2.34. The molecule has 0 aromatic carbocycles. The van der Waals surface area contributed by atoms with Crippen LogP contribution in [0.3, 0.4) is 0 Å². The Morgan fingerprint density at radius 1 is 1.08 bits per heavy atom. The first-order chi connectivity index (χ1) is 12.6. The maximum absolute atomic E-state index is 12.3. The number of hydrogen-bond acceptors (Lipinski definition) is 5. The van der Waals surface area contributed by atoms with E-state index in [9.17, 15) is 4.79 Å². The predicted molar refractivity (Wildman–Crippen MR) is 106 cm³/mol. The van der Waals surface area contributed by atoms with Crippen LogP contribution in [0.15, 0.2) is 41.3 Å². The number of aryl methyl sites for hydroxylation is 1. The number of aromatic nitrogens is 2. The van der Waals surface area contributed by atoms with Crippen LogP contribution in [0.2, 0.25) is 4.34 Å². The fourth-order valence-electron chi connectivity index (χ4n) is 3.33. The summed E-state index contributed by atoms with van der Waals surface area (Å²) in [7, 11) is 0. The second-order valence-electron chi connectivity index (χ2n) is 6.78. The average molecular weight is 389 g/mol. The third-order valence-electron chi connectivity index (χ3n) is 4.72. The highest BCUT2D eigenvalue weighted by atomic mass is 35.5. The number of nitrogens with zero attached hydrogens (tertiary/aromatic N) is 4. The summed E-state index contributed by atoms with van der Waals surface area (Å²) in [6, 6.07) is 9.62. The summed E-state index contributed by atoms with van der Waals surface area (Å²) in [5.74, 6) is 0. The number of rotatable bonds is 4. The van der Waals surface area contributed by atoms with Gasteiger partial charge < -0.3 is 0 Å². The summed E-state index contributed by atoms with van der Waals surface area (Å²) in [5, 5.41) is 0. The van der Waals surface area contributed by atoms with Crippen molar-refractivity contribution in [1.82, 2.24) is 19.2 Å². The Kier molecular flexibility index (Phi) is 5.09. The van der Waals surface area contributed by atoms with E-state index in [0.717, 1.165) is 54.9 Å². The second-order valence-corrected chi connectivity index (χ2v) is 8.58. The van der Waals surface area contributed by atoms with Crippen molar-refractivity contribution in [3.8, 4) is 0 Å². The molecule has 1 saturated heterocycles. The second kappa shape index (κ2) is 7.48. The van der Waals surface area contributed by atoms with Crippen LogP contribution in [0.4, 0.5) is 0 Å². The van der Waals surface area contributed by atoms with Crippen LogP contribution < -0.4 is 5.56 Å². The summed E-state index contributed by atoms with van der Waals surface area (Å²) in [5.41, 5.74) is 2.60. The largest absolute Gasteiger partial charge is 0.296 e. The third-order valence-corrected chi connectivity index (χ3v) is 5.94. The van der Waals surface area contributed by atoms with Crippen LogP contribution >= 0.6 is 22.9 Å². The number of hydrogen-bond donors (Lipinski definition) is 0. The smallest absolute Gasteiger partial charge is 0.258 e. The van der Waals surface area contributed by atoms with E-state index in [0.29, 0.717) is 5.65 Å². The fourth-order valence-corrected chi connectivity index (χ4v) is 4.46. The highest BCUT2D eigenvalue weighted by Gasteiger charge is 2.18. The molecule has 0 radical (unpaired) electrons. The molecule has 1 fully saturated rings. The molecule has 0 amide bonds. The highest BCUT2D eigenvalue weighted by Crippen LogP contribution is 2.23. The Morgan fingerprint density at radius 2 is 1.81 bits per heavy atom. The minimum atomic E-state index is -0.0121. The summed E-state index contributed by atoms with van der Waals surface area (Å²) in [4.78, 5) is 23.1. The summed E-state index contributed by atoms with van der Waals surface area (Å²) in [6.07, 6.45) is 1.84. The Balaban J connectivity index is 1.39. The molecule has 26 heavy (non-hydrogen) atoms. The molecule has 4 heterocycles. The predicted octanol–water partition coefficient (Wildman–Crippen LogP) is 3.04. The topological polar surface area (TPSA) is 40.9 Å². The standard InChI is InChI=1S/C19H21ClN4OS/c1-14-2-5-18-21-15(10-19(25)24(18)11-14)12-22-6-8-23(9-7-22)13-16-3-4-17(20)26-16/h2-5,10-11H,6-9,12-13H2,1H3. The Hall–Kier alpha value is -1.73. The van der Waals surface area contributed by atoms with E-state index in [4.69, 9.17) is 11.6 Å². The van der Waals surface area contributed by atoms with Gasteiger partial charge in [-0.2, -0.15) is 0 Å². The average Bonchev–Trinajstić information content (AvgIpc) is 3.02. The monoisotopic (exact) mass is 388 g/mol. The first kappa shape index (κ1) is 17.7. The molecule has 0 bridgehead atoms. The molecule has 0 spiro atoms. The van der Waals surface area contributed by atoms with Crippen molar-refractivity contribution in [2.75, 3.05) is 26.2 Å². The zero-order valence-electron chi connectivity index (χ0n) is 14.7. The van der Waals surface area contributed by atoms with Crippen LogP contribution in [0.5, 0.6) is 0 Å². The molecule has 0 N–H and O–H groups in total. The minimum absolute atomic E-state index is 0.0121. The van der Waals surface area contributed by atoms with Crippen LogP contribution in [-0.4, -0.2) is 45.4 Å². The molecule has 3 aromatic rings. The third kappa shape index (κ3) is 3.99. The number of fused-ring (bicyclic) bond motifs is 1. The van der Waals surface area contributed by atoms with Crippen molar-refractivity contribution in [2.24, 2.45) is 0 Å². The van der Waals surface area contributed by atoms with Crippen LogP contribution in [0.25, 0.3) is 5.65 Å². The molecule has 0 saturated carbocycles. The van der Waals surface area contributed by atoms with E-state index in [1.807, 2.05) is 31.3 Å². The van der Waals surface area contributed by atoms with Gasteiger partial charge in [-0.3, -0.25) is 19.0 Å². The van der Waals surface area contributed by atoms with Crippen molar-refractivity contribution in [3.63, 3.8) is 0 Å². The number of pyridine rings is 1. The zero-order valence-corrected chi connectivity index (χ0v) is 16.3. The van der Waals surface area contributed by atoms with Gasteiger partial charge in [0.2, 0.25) is 0 Å². The molecule has 0 aliphatic carbocycles. The Labute approximate surface area is 161 Å². The maximum atomic E-state index is 12.3. The first-order valence-corrected chi connectivity index (χ1v) is 9.94. The maximum Gasteiger partial charge on any atom is 0.258 e. The quantitative estimate of drug-likeness (QED) is 0.688. The fraction of sp³-hybridized carbons (Fsp3) is 0.368. The van der Waals surface area contributed by atoms with E-state index in [2.05, 4.69) is 20.9 Å². The van der Waals surface area contributed by atoms with E-state index < -0.39 is 0 Å². The van der Waals surface area contributed by atoms with Gasteiger partial charge in [-0.15, -0.1) is 11.3 Å². The molecule has 136 valence electrons. The van der Waals surface area contributed by atoms with Gasteiger partial charge in [0.1, 0.15) is 5.65 Å². The molecule has 7 heteroatoms. The number of thiophene rings is 1. The van der Waals surface area contributed by atoms with Crippen LogP contribution in [0.1, 0.15) is 16.1 Å². The van der Waals surface area contributed by atoms with Crippen LogP contribution in [0, 0.1) is 6.92 Å². The molecule has 5 nitrogen and oxygen atoms in total. The summed E-state index contributed by atoms with van der Waals surface area (Å²) >= 11 is 7.66. The number of halogens is 1. The van der Waals surface area contributed by atoms with Gasteiger partial charge in [0.15, 0.2) is 0 Å². The lowest BCUT2D eigenvalue weighted by molar-refractivity contribution is 0.122. The van der Waals surface area contributed by atoms with Crippen molar-refractivity contribution < 1.29 is 0 Å². The molecule has 1 aliphatic rings. The molecular formula is C19H21ClN4OS. The van der Waals surface area contributed by atoms with Gasteiger partial charge in [-0.05, 0) is 30.7 Å². The first-order valence-electron chi connectivity index (χ1n) is 8.75. The van der Waals surface area contributed by atoms with Crippen molar-refractivity contribution >= 4 is 28.6 Å². The lowest BCUT2D eigenvalue weighted by Crippen LogP contribution is -2.45. The lowest BCUT2D eigenvalue weighted by atomic mass is 10.2. The molecule has 0 atom stereocenters. The van der Waals surface area contributed by atoms with Crippen LogP contribution in [-0.2, 0) is 13.1 Å².